The Hall–Kier alpha value is -3.89. The molecular formula is C35H43F3N4O4. The minimum Gasteiger partial charge on any atom is -0.338 e. The molecular weight excluding hydrogens is 597 g/mol. The van der Waals surface area contributed by atoms with Crippen LogP contribution in [0.15, 0.2) is 54.6 Å². The van der Waals surface area contributed by atoms with E-state index in [0.717, 1.165) is 16.8 Å². The van der Waals surface area contributed by atoms with E-state index in [9.17, 15) is 32.3 Å². The smallest absolute Gasteiger partial charge is 0.338 e. The number of amides is 4. The average Bonchev–Trinajstić information content (AvgIpc) is 3.27. The van der Waals surface area contributed by atoms with E-state index in [1.54, 1.807) is 25.7 Å². The number of nitrogens with zero attached hydrogens (tertiary/aromatic N) is 2. The Morgan fingerprint density at radius 1 is 1.04 bits per heavy atom. The number of rotatable bonds is 9. The van der Waals surface area contributed by atoms with E-state index >= 15 is 0 Å². The van der Waals surface area contributed by atoms with Crippen molar-refractivity contribution in [3.05, 3.63) is 65.7 Å². The number of para-hydroxylation sites is 1. The number of likely N-dealkylation sites (tertiary alicyclic amines) is 1. The number of piperidine rings is 1. The van der Waals surface area contributed by atoms with Crippen molar-refractivity contribution in [2.24, 2.45) is 22.7 Å². The quantitative estimate of drug-likeness (QED) is 0.396. The van der Waals surface area contributed by atoms with Gasteiger partial charge in [0.25, 0.3) is 0 Å². The molecule has 0 radical (unpaired) electrons. The molecule has 6 atom stereocenters. The fourth-order valence-electron chi connectivity index (χ4n) is 7.41. The molecule has 4 amide bonds. The largest absolute Gasteiger partial charge is 0.471 e. The maximum absolute atomic E-state index is 14.8. The number of carbonyl (C=O) groups is 4. The van der Waals surface area contributed by atoms with Crippen molar-refractivity contribution in [3.8, 4) is 0 Å². The number of alkyl halides is 3. The molecule has 8 nitrogen and oxygen atoms in total. The van der Waals surface area contributed by atoms with Gasteiger partial charge in [0.1, 0.15) is 12.1 Å². The summed E-state index contributed by atoms with van der Waals surface area (Å²) in [6, 6.07) is 14.3. The third-order valence-corrected chi connectivity index (χ3v) is 10.2. The number of carbonyl (C=O) groups excluding carboxylic acids is 4. The Morgan fingerprint density at radius 2 is 1.67 bits per heavy atom. The average molecular weight is 641 g/mol. The number of fused-ring (bicyclic) bond motifs is 2. The maximum Gasteiger partial charge on any atom is 0.471 e. The monoisotopic (exact) mass is 640 g/mol. The highest BCUT2D eigenvalue weighted by molar-refractivity contribution is 6.03. The van der Waals surface area contributed by atoms with Crippen molar-refractivity contribution >= 4 is 29.3 Å². The van der Waals surface area contributed by atoms with Crippen LogP contribution in [0.2, 0.25) is 0 Å². The van der Waals surface area contributed by atoms with Crippen LogP contribution in [-0.2, 0) is 25.6 Å². The van der Waals surface area contributed by atoms with Crippen molar-refractivity contribution in [1.29, 1.82) is 0 Å². The number of halogens is 3. The molecule has 2 fully saturated rings. The standard InChI is InChI=1S/C35H43F3N4O4/c1-20(18-23-22-14-10-11-15-25(22)39-29(23)43)41(17-16-21-12-8-7-9-13-21)30(44)27-26-24(34(26,5)6)19-42(27)31(45)28(33(2,3)4)40-32(46)35(36,37)38/h7-15,20,23-24,26-28H,16-19H2,1-6H3,(H,39,43)(H,40,46)/t20-,23?,24+,26+,27+,28-/m1/s1. The lowest BCUT2D eigenvalue weighted by molar-refractivity contribution is -0.176. The zero-order chi connectivity index (χ0) is 33.8. The molecule has 2 aliphatic heterocycles. The molecule has 3 aliphatic rings. The number of hydrogen-bond donors (Lipinski definition) is 2. The first-order valence-corrected chi connectivity index (χ1v) is 15.8. The minimum absolute atomic E-state index is 0.0110. The van der Waals surface area contributed by atoms with Gasteiger partial charge in [-0.1, -0.05) is 83.1 Å². The van der Waals surface area contributed by atoms with Crippen LogP contribution in [0.5, 0.6) is 0 Å². The van der Waals surface area contributed by atoms with Crippen molar-refractivity contribution in [2.45, 2.75) is 84.6 Å². The van der Waals surface area contributed by atoms with Crippen LogP contribution in [0.25, 0.3) is 0 Å². The van der Waals surface area contributed by atoms with Gasteiger partial charge in [-0.25, -0.2) is 0 Å². The molecule has 1 unspecified atom stereocenters. The van der Waals surface area contributed by atoms with E-state index in [1.807, 2.05) is 80.7 Å². The number of nitrogens with one attached hydrogen (secondary N) is 2. The normalized spacial score (nSPS) is 24.4. The topological polar surface area (TPSA) is 98.8 Å². The number of anilines is 1. The Kier molecular flexibility index (Phi) is 8.76. The summed E-state index contributed by atoms with van der Waals surface area (Å²) in [6.45, 7) is 11.3. The molecule has 0 spiro atoms. The van der Waals surface area contributed by atoms with Gasteiger partial charge >= 0.3 is 12.1 Å². The van der Waals surface area contributed by atoms with E-state index < -0.39 is 47.4 Å². The highest BCUT2D eigenvalue weighted by Crippen LogP contribution is 2.65. The summed E-state index contributed by atoms with van der Waals surface area (Å²) in [5.41, 5.74) is 1.32. The first-order valence-electron chi connectivity index (χ1n) is 15.8. The lowest BCUT2D eigenvalue weighted by atomic mass is 9.85. The van der Waals surface area contributed by atoms with Gasteiger partial charge in [0.2, 0.25) is 17.7 Å². The zero-order valence-corrected chi connectivity index (χ0v) is 27.1. The molecule has 2 aromatic rings. The van der Waals surface area contributed by atoms with Crippen LogP contribution >= 0.6 is 0 Å². The second-order valence-electron chi connectivity index (χ2n) is 14.6. The SMILES string of the molecule is C[C@H](CC1C(=O)Nc2ccccc21)N(CCc1ccccc1)C(=O)[C@@H]1[C@@H]2[C@H](CN1C(=O)[C@@H](NC(=O)C(F)(F)F)C(C)(C)C)C2(C)C. The van der Waals surface area contributed by atoms with E-state index in [1.165, 1.54) is 4.90 Å². The van der Waals surface area contributed by atoms with Crippen LogP contribution < -0.4 is 10.6 Å². The predicted molar refractivity (Wildman–Crippen MR) is 167 cm³/mol. The second kappa shape index (κ2) is 12.0. The number of hydrogen-bond acceptors (Lipinski definition) is 4. The molecule has 46 heavy (non-hydrogen) atoms. The summed E-state index contributed by atoms with van der Waals surface area (Å²) in [4.78, 5) is 57.0. The summed E-state index contributed by atoms with van der Waals surface area (Å²) in [5.74, 6) is -4.00. The molecule has 2 aromatic carbocycles. The first kappa shape index (κ1) is 33.5. The third-order valence-electron chi connectivity index (χ3n) is 10.2. The Morgan fingerprint density at radius 3 is 2.30 bits per heavy atom. The molecule has 5 rings (SSSR count). The number of benzene rings is 2. The van der Waals surface area contributed by atoms with Crippen LogP contribution in [0, 0.1) is 22.7 Å². The minimum atomic E-state index is -5.16. The lowest BCUT2D eigenvalue weighted by Crippen LogP contribution is -2.61. The molecule has 248 valence electrons. The molecule has 1 aliphatic carbocycles. The Balaban J connectivity index is 1.46. The maximum atomic E-state index is 14.8. The molecule has 1 saturated carbocycles. The molecule has 2 N–H and O–H groups in total. The van der Waals surface area contributed by atoms with E-state index in [4.69, 9.17) is 0 Å². The van der Waals surface area contributed by atoms with Gasteiger partial charge in [-0.3, -0.25) is 19.2 Å². The Labute approximate surface area is 268 Å². The fourth-order valence-corrected chi connectivity index (χ4v) is 7.41. The van der Waals surface area contributed by atoms with Crippen LogP contribution in [-0.4, -0.2) is 70.8 Å². The lowest BCUT2D eigenvalue weighted by Gasteiger charge is -2.40. The van der Waals surface area contributed by atoms with Crippen LogP contribution in [0.1, 0.15) is 65.0 Å². The zero-order valence-electron chi connectivity index (χ0n) is 27.1. The van der Waals surface area contributed by atoms with E-state index in [2.05, 4.69) is 5.32 Å². The van der Waals surface area contributed by atoms with E-state index in [0.29, 0.717) is 19.4 Å². The third kappa shape index (κ3) is 6.37. The van der Waals surface area contributed by atoms with Crippen molar-refractivity contribution < 1.29 is 32.3 Å². The molecule has 0 bridgehead atoms. The van der Waals surface area contributed by atoms with Crippen LogP contribution in [0.3, 0.4) is 0 Å². The fraction of sp³-hybridized carbons (Fsp3) is 0.543. The van der Waals surface area contributed by atoms with Crippen LogP contribution in [0.4, 0.5) is 18.9 Å². The van der Waals surface area contributed by atoms with Gasteiger partial charge in [-0.2, -0.15) is 13.2 Å². The second-order valence-corrected chi connectivity index (χ2v) is 14.6. The van der Waals surface area contributed by atoms with Gasteiger partial charge < -0.3 is 20.4 Å². The van der Waals surface area contributed by atoms with Gasteiger partial charge in [0.05, 0.1) is 5.92 Å². The Bertz CT molecular complexity index is 1500. The van der Waals surface area contributed by atoms with Crippen molar-refractivity contribution in [3.63, 3.8) is 0 Å². The van der Waals surface area contributed by atoms with Gasteiger partial charge in [0.15, 0.2) is 0 Å². The first-order chi connectivity index (χ1) is 21.4. The van der Waals surface area contributed by atoms with Gasteiger partial charge in [-0.05, 0) is 59.6 Å². The molecule has 1 saturated heterocycles. The van der Waals surface area contributed by atoms with Crippen molar-refractivity contribution in [2.75, 3.05) is 18.4 Å². The predicted octanol–water partition coefficient (Wildman–Crippen LogP) is 5.15. The summed E-state index contributed by atoms with van der Waals surface area (Å²) < 4.78 is 39.9. The summed E-state index contributed by atoms with van der Waals surface area (Å²) >= 11 is 0. The molecule has 0 aromatic heterocycles. The highest BCUT2D eigenvalue weighted by Gasteiger charge is 2.70. The van der Waals surface area contributed by atoms with Crippen molar-refractivity contribution in [1.82, 2.24) is 15.1 Å². The summed E-state index contributed by atoms with van der Waals surface area (Å²) in [6.07, 6.45) is -4.27. The molecule has 2 heterocycles. The highest BCUT2D eigenvalue weighted by atomic mass is 19.4. The van der Waals surface area contributed by atoms with Gasteiger partial charge in [-0.15, -0.1) is 0 Å². The van der Waals surface area contributed by atoms with E-state index in [-0.39, 0.29) is 35.6 Å². The summed E-state index contributed by atoms with van der Waals surface area (Å²) in [7, 11) is 0. The summed E-state index contributed by atoms with van der Waals surface area (Å²) in [5, 5.41) is 4.84. The molecule has 11 heteroatoms. The van der Waals surface area contributed by atoms with Gasteiger partial charge in [0, 0.05) is 24.8 Å².